The Balaban J connectivity index is 2.70. The minimum atomic E-state index is 0.0832. The zero-order valence-electron chi connectivity index (χ0n) is 9.89. The van der Waals surface area contributed by atoms with Gasteiger partial charge in [-0.3, -0.25) is 0 Å². The second-order valence-electron chi connectivity index (χ2n) is 3.70. The largest absolute Gasteiger partial charge is 0.383 e. The van der Waals surface area contributed by atoms with Gasteiger partial charge in [0.25, 0.3) is 0 Å². The summed E-state index contributed by atoms with van der Waals surface area (Å²) in [5.41, 5.74) is 0.532. The van der Waals surface area contributed by atoms with Crippen LogP contribution in [0.1, 0.15) is 6.92 Å². The summed E-state index contributed by atoms with van der Waals surface area (Å²) in [4.78, 5) is 0. The first-order valence-corrected chi connectivity index (χ1v) is 6.69. The van der Waals surface area contributed by atoms with Crippen LogP contribution in [0.25, 0.3) is 0 Å². The summed E-state index contributed by atoms with van der Waals surface area (Å²) in [5, 5.41) is 7.70. The molecule has 1 unspecified atom stereocenters. The number of methoxy groups -OCH3 is 1. The fraction of sp³-hybridized carbons (Fsp3) is 0.364. The summed E-state index contributed by atoms with van der Waals surface area (Å²) >= 11 is 23.0. The topological polar surface area (TPSA) is 33.3 Å². The maximum atomic E-state index is 6.03. The zero-order chi connectivity index (χ0) is 13.7. The highest BCUT2D eigenvalue weighted by atomic mass is 35.5. The van der Waals surface area contributed by atoms with Crippen molar-refractivity contribution in [3.05, 3.63) is 27.2 Å². The third kappa shape index (κ3) is 4.78. The van der Waals surface area contributed by atoms with Crippen molar-refractivity contribution in [2.75, 3.05) is 19.0 Å². The van der Waals surface area contributed by atoms with Gasteiger partial charge in [-0.25, -0.2) is 0 Å². The Morgan fingerprint density at radius 1 is 1.33 bits per heavy atom. The SMILES string of the molecule is COCC(C)NC(=S)Nc1c(Cl)cc(Cl)cc1Cl. The average molecular weight is 328 g/mol. The van der Waals surface area contributed by atoms with E-state index in [1.165, 1.54) is 0 Å². The maximum Gasteiger partial charge on any atom is 0.171 e. The van der Waals surface area contributed by atoms with Crippen molar-refractivity contribution < 1.29 is 4.74 Å². The summed E-state index contributed by atoms with van der Waals surface area (Å²) in [5.74, 6) is 0. The molecule has 3 nitrogen and oxygen atoms in total. The highest BCUT2D eigenvalue weighted by Crippen LogP contribution is 2.33. The number of thiocarbonyl (C=S) groups is 1. The van der Waals surface area contributed by atoms with Gasteiger partial charge in [0.05, 0.1) is 22.3 Å². The number of halogens is 3. The summed E-state index contributed by atoms with van der Waals surface area (Å²) in [6.07, 6.45) is 0. The van der Waals surface area contributed by atoms with Gasteiger partial charge in [-0.2, -0.15) is 0 Å². The lowest BCUT2D eigenvalue weighted by Crippen LogP contribution is -2.38. The minimum absolute atomic E-state index is 0.0832. The normalized spacial score (nSPS) is 12.1. The highest BCUT2D eigenvalue weighted by Gasteiger charge is 2.10. The molecule has 0 amide bonds. The predicted molar refractivity (Wildman–Crippen MR) is 82.2 cm³/mol. The third-order valence-electron chi connectivity index (χ3n) is 2.04. The van der Waals surface area contributed by atoms with Crippen LogP contribution in [0, 0.1) is 0 Å². The van der Waals surface area contributed by atoms with E-state index in [-0.39, 0.29) is 6.04 Å². The lowest BCUT2D eigenvalue weighted by molar-refractivity contribution is 0.179. The van der Waals surface area contributed by atoms with Crippen LogP contribution in [-0.2, 0) is 4.74 Å². The van der Waals surface area contributed by atoms with Gasteiger partial charge in [0.15, 0.2) is 5.11 Å². The molecule has 0 aliphatic heterocycles. The molecule has 0 heterocycles. The van der Waals surface area contributed by atoms with Gasteiger partial charge in [0.1, 0.15) is 0 Å². The van der Waals surface area contributed by atoms with Crippen molar-refractivity contribution in [1.82, 2.24) is 5.32 Å². The fourth-order valence-corrected chi connectivity index (χ4v) is 2.54. The van der Waals surface area contributed by atoms with E-state index in [4.69, 9.17) is 51.8 Å². The van der Waals surface area contributed by atoms with Gasteiger partial charge < -0.3 is 15.4 Å². The Morgan fingerprint density at radius 3 is 2.39 bits per heavy atom. The molecule has 0 radical (unpaired) electrons. The Labute approximate surface area is 127 Å². The number of hydrogen-bond donors (Lipinski definition) is 2. The number of ether oxygens (including phenoxy) is 1. The quantitative estimate of drug-likeness (QED) is 0.820. The molecule has 1 aromatic rings. The predicted octanol–water partition coefficient (Wildman–Crippen LogP) is 3.97. The van der Waals surface area contributed by atoms with Gasteiger partial charge in [0.2, 0.25) is 0 Å². The van der Waals surface area contributed by atoms with Gasteiger partial charge in [-0.1, -0.05) is 34.8 Å². The van der Waals surface area contributed by atoms with Crippen LogP contribution in [0.3, 0.4) is 0 Å². The number of benzene rings is 1. The Hall–Kier alpha value is -0.260. The van der Waals surface area contributed by atoms with Crippen molar-refractivity contribution in [3.8, 4) is 0 Å². The van der Waals surface area contributed by atoms with Crippen LogP contribution in [-0.4, -0.2) is 24.9 Å². The molecule has 0 bridgehead atoms. The summed E-state index contributed by atoms with van der Waals surface area (Å²) in [7, 11) is 1.63. The Kier molecular flexibility index (Phi) is 6.46. The van der Waals surface area contributed by atoms with Crippen molar-refractivity contribution in [2.24, 2.45) is 0 Å². The molecule has 1 atom stereocenters. The van der Waals surface area contributed by atoms with Crippen LogP contribution in [0.2, 0.25) is 15.1 Å². The molecule has 2 N–H and O–H groups in total. The molecular weight excluding hydrogens is 315 g/mol. The molecule has 0 fully saturated rings. The zero-order valence-corrected chi connectivity index (χ0v) is 13.0. The van der Waals surface area contributed by atoms with Crippen molar-refractivity contribution >= 4 is 57.8 Å². The first-order valence-electron chi connectivity index (χ1n) is 5.15. The van der Waals surface area contributed by atoms with E-state index in [0.29, 0.717) is 32.5 Å². The van der Waals surface area contributed by atoms with E-state index in [1.54, 1.807) is 19.2 Å². The van der Waals surface area contributed by atoms with Crippen LogP contribution < -0.4 is 10.6 Å². The van der Waals surface area contributed by atoms with E-state index in [9.17, 15) is 0 Å². The van der Waals surface area contributed by atoms with Crippen LogP contribution in [0.4, 0.5) is 5.69 Å². The molecule has 100 valence electrons. The second kappa shape index (κ2) is 7.36. The van der Waals surface area contributed by atoms with Crippen molar-refractivity contribution in [1.29, 1.82) is 0 Å². The molecular formula is C11H13Cl3N2OS. The van der Waals surface area contributed by atoms with E-state index < -0.39 is 0 Å². The molecule has 0 saturated heterocycles. The first-order chi connectivity index (χ1) is 8.43. The summed E-state index contributed by atoms with van der Waals surface area (Å²) < 4.78 is 5.00. The molecule has 1 rings (SSSR count). The van der Waals surface area contributed by atoms with E-state index in [1.807, 2.05) is 6.92 Å². The van der Waals surface area contributed by atoms with Gasteiger partial charge >= 0.3 is 0 Å². The smallest absolute Gasteiger partial charge is 0.171 e. The number of anilines is 1. The Morgan fingerprint density at radius 2 is 1.89 bits per heavy atom. The minimum Gasteiger partial charge on any atom is -0.383 e. The van der Waals surface area contributed by atoms with Crippen molar-refractivity contribution in [3.63, 3.8) is 0 Å². The van der Waals surface area contributed by atoms with E-state index in [0.717, 1.165) is 0 Å². The van der Waals surface area contributed by atoms with Gasteiger partial charge in [-0.05, 0) is 31.3 Å². The molecule has 0 aliphatic carbocycles. The van der Waals surface area contributed by atoms with Crippen molar-refractivity contribution in [2.45, 2.75) is 13.0 Å². The standard InChI is InChI=1S/C11H13Cl3N2OS/c1-6(5-17-2)15-11(18)16-10-8(13)3-7(12)4-9(10)14/h3-4,6H,5H2,1-2H3,(H2,15,16,18). The first kappa shape index (κ1) is 15.8. The number of nitrogens with one attached hydrogen (secondary N) is 2. The molecule has 1 aromatic carbocycles. The van der Waals surface area contributed by atoms with E-state index >= 15 is 0 Å². The maximum absolute atomic E-state index is 6.03. The summed E-state index contributed by atoms with van der Waals surface area (Å²) in [6.45, 7) is 2.49. The van der Waals surface area contributed by atoms with Crippen LogP contribution in [0.15, 0.2) is 12.1 Å². The van der Waals surface area contributed by atoms with Crippen LogP contribution in [0.5, 0.6) is 0 Å². The molecule has 0 aliphatic rings. The number of rotatable bonds is 4. The fourth-order valence-electron chi connectivity index (χ4n) is 1.33. The molecule has 0 aromatic heterocycles. The third-order valence-corrected chi connectivity index (χ3v) is 3.07. The lowest BCUT2D eigenvalue weighted by Gasteiger charge is -2.17. The number of hydrogen-bond acceptors (Lipinski definition) is 2. The molecule has 18 heavy (non-hydrogen) atoms. The van der Waals surface area contributed by atoms with Gasteiger partial charge in [0, 0.05) is 18.2 Å². The highest BCUT2D eigenvalue weighted by molar-refractivity contribution is 7.80. The molecule has 0 saturated carbocycles. The van der Waals surface area contributed by atoms with E-state index in [2.05, 4.69) is 10.6 Å². The Bertz CT molecular complexity index is 419. The average Bonchev–Trinajstić information content (AvgIpc) is 2.23. The molecule has 7 heteroatoms. The molecule has 0 spiro atoms. The summed E-state index contributed by atoms with van der Waals surface area (Å²) in [6, 6.07) is 3.27. The lowest BCUT2D eigenvalue weighted by atomic mass is 10.3. The second-order valence-corrected chi connectivity index (χ2v) is 5.36. The monoisotopic (exact) mass is 326 g/mol. The van der Waals surface area contributed by atoms with Gasteiger partial charge in [-0.15, -0.1) is 0 Å². The van der Waals surface area contributed by atoms with Crippen LogP contribution >= 0.6 is 47.0 Å².